The number of benzene rings is 1. The average molecular weight is 258 g/mol. The van der Waals surface area contributed by atoms with Gasteiger partial charge in [-0.2, -0.15) is 5.10 Å². The summed E-state index contributed by atoms with van der Waals surface area (Å²) in [7, 11) is 0. The number of H-pyrrole nitrogens is 1. The number of aromatic nitrogens is 1. The first kappa shape index (κ1) is 12.5. The molecule has 1 aromatic heterocycles. The largest absolute Gasteiger partial charge is 0.360 e. The Morgan fingerprint density at radius 2 is 2.05 bits per heavy atom. The molecule has 0 aliphatic heterocycles. The number of amides is 1. The summed E-state index contributed by atoms with van der Waals surface area (Å²) in [5.41, 5.74) is 3.32. The number of nitro benzene ring substituents is 1. The lowest BCUT2D eigenvalue weighted by molar-refractivity contribution is -0.384. The number of hydrazone groups is 1. The lowest BCUT2D eigenvalue weighted by Crippen LogP contribution is -2.17. The molecule has 0 spiro atoms. The maximum absolute atomic E-state index is 11.6. The highest BCUT2D eigenvalue weighted by Gasteiger charge is 2.08. The fraction of sp³-hybridized carbons (Fsp3) is 0. The van der Waals surface area contributed by atoms with Crippen molar-refractivity contribution in [3.05, 3.63) is 64.0 Å². The molecule has 7 heteroatoms. The van der Waals surface area contributed by atoms with Gasteiger partial charge in [0.1, 0.15) is 0 Å². The number of carbonyl (C=O) groups is 1. The van der Waals surface area contributed by atoms with E-state index in [1.807, 2.05) is 0 Å². The number of rotatable bonds is 4. The van der Waals surface area contributed by atoms with E-state index in [0.717, 1.165) is 5.69 Å². The minimum Gasteiger partial charge on any atom is -0.360 e. The van der Waals surface area contributed by atoms with E-state index in [4.69, 9.17) is 0 Å². The first-order valence-electron chi connectivity index (χ1n) is 5.38. The van der Waals surface area contributed by atoms with E-state index < -0.39 is 10.8 Å². The van der Waals surface area contributed by atoms with Crippen molar-refractivity contribution in [3.63, 3.8) is 0 Å². The maximum Gasteiger partial charge on any atom is 0.271 e. The van der Waals surface area contributed by atoms with Crippen LogP contribution < -0.4 is 5.43 Å². The molecule has 2 aromatic rings. The lowest BCUT2D eigenvalue weighted by Gasteiger charge is -1.98. The number of non-ortho nitro benzene ring substituents is 1. The third-order valence-electron chi connectivity index (χ3n) is 2.33. The minimum absolute atomic E-state index is 0.0635. The van der Waals surface area contributed by atoms with E-state index >= 15 is 0 Å². The van der Waals surface area contributed by atoms with E-state index in [1.54, 1.807) is 18.3 Å². The molecule has 0 radical (unpaired) electrons. The van der Waals surface area contributed by atoms with Crippen LogP contribution in [0.4, 0.5) is 5.69 Å². The van der Waals surface area contributed by atoms with Crippen LogP contribution in [0.15, 0.2) is 47.7 Å². The van der Waals surface area contributed by atoms with Gasteiger partial charge in [-0.3, -0.25) is 14.9 Å². The smallest absolute Gasteiger partial charge is 0.271 e. The Hall–Kier alpha value is -2.96. The molecule has 0 unspecified atom stereocenters. The first-order chi connectivity index (χ1) is 9.16. The molecule has 0 bridgehead atoms. The molecule has 1 amide bonds. The highest BCUT2D eigenvalue weighted by molar-refractivity contribution is 5.94. The van der Waals surface area contributed by atoms with Crippen molar-refractivity contribution in [2.24, 2.45) is 5.10 Å². The Kier molecular flexibility index (Phi) is 3.67. The van der Waals surface area contributed by atoms with E-state index in [2.05, 4.69) is 15.5 Å². The van der Waals surface area contributed by atoms with Crippen molar-refractivity contribution < 1.29 is 9.72 Å². The highest BCUT2D eigenvalue weighted by Crippen LogP contribution is 2.11. The molecule has 0 saturated heterocycles. The van der Waals surface area contributed by atoms with E-state index in [1.165, 1.54) is 30.5 Å². The van der Waals surface area contributed by atoms with Crippen molar-refractivity contribution >= 4 is 17.8 Å². The predicted molar refractivity (Wildman–Crippen MR) is 68.9 cm³/mol. The Labute approximate surface area is 108 Å². The minimum atomic E-state index is -0.523. The summed E-state index contributed by atoms with van der Waals surface area (Å²) in [6.07, 6.45) is 3.20. The molecule has 19 heavy (non-hydrogen) atoms. The summed E-state index contributed by atoms with van der Waals surface area (Å²) in [5.74, 6) is -0.433. The van der Waals surface area contributed by atoms with Crippen LogP contribution in [-0.4, -0.2) is 22.0 Å². The zero-order valence-electron chi connectivity index (χ0n) is 9.74. The molecule has 0 aliphatic rings. The number of nitro groups is 1. The summed E-state index contributed by atoms with van der Waals surface area (Å²) >= 11 is 0. The second-order valence-electron chi connectivity index (χ2n) is 3.63. The highest BCUT2D eigenvalue weighted by atomic mass is 16.6. The van der Waals surface area contributed by atoms with Crippen molar-refractivity contribution in [2.45, 2.75) is 0 Å². The van der Waals surface area contributed by atoms with Gasteiger partial charge in [-0.05, 0) is 24.3 Å². The topological polar surface area (TPSA) is 100 Å². The maximum atomic E-state index is 11.6. The summed E-state index contributed by atoms with van der Waals surface area (Å²) in [5, 5.41) is 14.2. The molecule has 0 saturated carbocycles. The molecule has 1 aromatic carbocycles. The summed E-state index contributed by atoms with van der Waals surface area (Å²) in [6.45, 7) is 0. The fourth-order valence-electron chi connectivity index (χ4n) is 1.38. The van der Waals surface area contributed by atoms with Gasteiger partial charge in [0.25, 0.3) is 11.6 Å². The molecule has 2 N–H and O–H groups in total. The number of nitrogens with zero attached hydrogens (tertiary/aromatic N) is 2. The summed E-state index contributed by atoms with van der Waals surface area (Å²) < 4.78 is 0. The molecular formula is C12H10N4O3. The normalized spacial score (nSPS) is 10.5. The average Bonchev–Trinajstić information content (AvgIpc) is 2.92. The van der Waals surface area contributed by atoms with Gasteiger partial charge in [0.15, 0.2) is 0 Å². The van der Waals surface area contributed by atoms with Gasteiger partial charge >= 0.3 is 0 Å². The Morgan fingerprint density at radius 1 is 1.32 bits per heavy atom. The third kappa shape index (κ3) is 3.25. The van der Waals surface area contributed by atoms with Crippen LogP contribution in [0.3, 0.4) is 0 Å². The number of hydrogen-bond donors (Lipinski definition) is 2. The van der Waals surface area contributed by atoms with Crippen LogP contribution in [0.2, 0.25) is 0 Å². The van der Waals surface area contributed by atoms with Gasteiger partial charge in [-0.25, -0.2) is 5.43 Å². The number of hydrogen-bond acceptors (Lipinski definition) is 4. The second kappa shape index (κ2) is 5.58. The van der Waals surface area contributed by atoms with Crippen molar-refractivity contribution in [3.8, 4) is 0 Å². The molecule has 2 rings (SSSR count). The van der Waals surface area contributed by atoms with Gasteiger partial charge in [0, 0.05) is 23.9 Å². The predicted octanol–water partition coefficient (Wildman–Crippen LogP) is 1.69. The molecule has 96 valence electrons. The second-order valence-corrected chi connectivity index (χ2v) is 3.63. The van der Waals surface area contributed by atoms with Gasteiger partial charge in [-0.1, -0.05) is 0 Å². The summed E-state index contributed by atoms with van der Waals surface area (Å²) in [6, 6.07) is 8.88. The zero-order chi connectivity index (χ0) is 13.7. The molecular weight excluding hydrogens is 248 g/mol. The monoisotopic (exact) mass is 258 g/mol. The van der Waals surface area contributed by atoms with Gasteiger partial charge in [0.05, 0.1) is 16.8 Å². The van der Waals surface area contributed by atoms with E-state index in [0.29, 0.717) is 5.56 Å². The van der Waals surface area contributed by atoms with Crippen molar-refractivity contribution in [1.29, 1.82) is 0 Å². The molecule has 7 nitrogen and oxygen atoms in total. The summed E-state index contributed by atoms with van der Waals surface area (Å²) in [4.78, 5) is 24.5. The number of aromatic amines is 1. The zero-order valence-corrected chi connectivity index (χ0v) is 9.74. The van der Waals surface area contributed by atoms with Crippen LogP contribution in [0, 0.1) is 10.1 Å². The number of carbonyl (C=O) groups excluding carboxylic acids is 1. The molecule has 0 atom stereocenters. The Balaban J connectivity index is 1.98. The van der Waals surface area contributed by atoms with E-state index in [-0.39, 0.29) is 5.69 Å². The van der Waals surface area contributed by atoms with Crippen LogP contribution in [-0.2, 0) is 0 Å². The van der Waals surface area contributed by atoms with Gasteiger partial charge in [0.2, 0.25) is 0 Å². The standard InChI is InChI=1S/C12H10N4O3/c17-12(15-14-8-10-2-1-7-13-10)9-3-5-11(6-4-9)16(18)19/h1-8,13H,(H,15,17)/b14-8-. The Bertz CT molecular complexity index is 602. The number of nitrogens with one attached hydrogen (secondary N) is 2. The fourth-order valence-corrected chi connectivity index (χ4v) is 1.38. The van der Waals surface area contributed by atoms with Crippen molar-refractivity contribution in [2.75, 3.05) is 0 Å². The van der Waals surface area contributed by atoms with Crippen LogP contribution in [0.1, 0.15) is 16.1 Å². The van der Waals surface area contributed by atoms with Crippen molar-refractivity contribution in [1.82, 2.24) is 10.4 Å². The van der Waals surface area contributed by atoms with Crippen LogP contribution in [0.25, 0.3) is 0 Å². The first-order valence-corrected chi connectivity index (χ1v) is 5.38. The third-order valence-corrected chi connectivity index (χ3v) is 2.33. The van der Waals surface area contributed by atoms with Gasteiger partial charge in [-0.15, -0.1) is 0 Å². The van der Waals surface area contributed by atoms with E-state index in [9.17, 15) is 14.9 Å². The van der Waals surface area contributed by atoms with Gasteiger partial charge < -0.3 is 4.98 Å². The molecule has 1 heterocycles. The molecule has 0 fully saturated rings. The lowest BCUT2D eigenvalue weighted by atomic mass is 10.2. The quantitative estimate of drug-likeness (QED) is 0.495. The SMILES string of the molecule is O=C(N/N=C\c1ccc[nH]1)c1ccc([N+](=O)[O-])cc1. The Morgan fingerprint density at radius 3 is 2.63 bits per heavy atom. The van der Waals surface area contributed by atoms with Crippen LogP contribution in [0.5, 0.6) is 0 Å². The van der Waals surface area contributed by atoms with Crippen LogP contribution >= 0.6 is 0 Å². The molecule has 0 aliphatic carbocycles.